The van der Waals surface area contributed by atoms with Crippen LogP contribution in [0.5, 0.6) is 0 Å². The number of rotatable bonds is 5. The van der Waals surface area contributed by atoms with Crippen molar-refractivity contribution in [2.45, 2.75) is 39.3 Å². The molecule has 78 valence electrons. The van der Waals surface area contributed by atoms with Crippen LogP contribution in [0.15, 0.2) is 0 Å². The molecule has 0 aromatic rings. The van der Waals surface area contributed by atoms with Crippen molar-refractivity contribution in [3.63, 3.8) is 0 Å². The van der Waals surface area contributed by atoms with Crippen molar-refractivity contribution >= 4 is 5.97 Å². The Morgan fingerprint density at radius 1 is 1.46 bits per heavy atom. The van der Waals surface area contributed by atoms with E-state index in [0.717, 1.165) is 0 Å². The van der Waals surface area contributed by atoms with E-state index in [-0.39, 0.29) is 6.04 Å². The van der Waals surface area contributed by atoms with E-state index in [1.807, 2.05) is 0 Å². The van der Waals surface area contributed by atoms with Crippen LogP contribution in [0, 0.1) is 5.92 Å². The zero-order valence-electron chi connectivity index (χ0n) is 8.66. The molecule has 0 spiro atoms. The first-order chi connectivity index (χ1) is 5.74. The molecule has 0 aromatic heterocycles. The van der Waals surface area contributed by atoms with Crippen LogP contribution in [0.1, 0.15) is 27.7 Å². The Morgan fingerprint density at radius 3 is 2.23 bits per heavy atom. The molecule has 0 aliphatic heterocycles. The van der Waals surface area contributed by atoms with Crippen LogP contribution in [-0.4, -0.2) is 34.4 Å². The van der Waals surface area contributed by atoms with E-state index in [0.29, 0.717) is 6.54 Å². The van der Waals surface area contributed by atoms with E-state index in [1.165, 1.54) is 0 Å². The van der Waals surface area contributed by atoms with Gasteiger partial charge in [0.05, 0.1) is 11.5 Å². The highest BCUT2D eigenvalue weighted by molar-refractivity contribution is 5.70. The number of carboxylic acid groups (broad SMARTS) is 1. The first-order valence-corrected chi connectivity index (χ1v) is 4.42. The number of aliphatic carboxylic acids is 1. The number of carbonyl (C=O) groups is 1. The SMILES string of the molecule is CC(NCC(C)(C)O)C(C)C(=O)O. The Hall–Kier alpha value is -0.610. The molecule has 0 saturated carbocycles. The summed E-state index contributed by atoms with van der Waals surface area (Å²) in [5, 5.41) is 21.0. The molecule has 0 radical (unpaired) electrons. The predicted octanol–water partition coefficient (Wildman–Crippen LogP) is 0.456. The van der Waals surface area contributed by atoms with Crippen molar-refractivity contribution in [1.82, 2.24) is 5.32 Å². The van der Waals surface area contributed by atoms with E-state index in [1.54, 1.807) is 27.7 Å². The maximum atomic E-state index is 10.6. The molecule has 2 atom stereocenters. The summed E-state index contributed by atoms with van der Waals surface area (Å²) in [6.07, 6.45) is 0. The van der Waals surface area contributed by atoms with Crippen LogP contribution < -0.4 is 5.32 Å². The van der Waals surface area contributed by atoms with Gasteiger partial charge in [-0.05, 0) is 20.8 Å². The topological polar surface area (TPSA) is 69.6 Å². The third kappa shape index (κ3) is 5.60. The third-order valence-corrected chi connectivity index (χ3v) is 2.00. The van der Waals surface area contributed by atoms with Crippen LogP contribution in [0.25, 0.3) is 0 Å². The molecule has 0 bridgehead atoms. The van der Waals surface area contributed by atoms with Gasteiger partial charge in [0.2, 0.25) is 0 Å². The quantitative estimate of drug-likeness (QED) is 0.587. The minimum absolute atomic E-state index is 0.135. The summed E-state index contributed by atoms with van der Waals surface area (Å²) in [4.78, 5) is 10.6. The Morgan fingerprint density at radius 2 is 1.92 bits per heavy atom. The fourth-order valence-corrected chi connectivity index (χ4v) is 0.801. The van der Waals surface area contributed by atoms with Gasteiger partial charge in [0.1, 0.15) is 0 Å². The molecule has 0 fully saturated rings. The van der Waals surface area contributed by atoms with Gasteiger partial charge in [-0.2, -0.15) is 0 Å². The van der Waals surface area contributed by atoms with Crippen LogP contribution in [0.2, 0.25) is 0 Å². The second kappa shape index (κ2) is 4.58. The molecule has 3 N–H and O–H groups in total. The lowest BCUT2D eigenvalue weighted by atomic mass is 10.0. The molecule has 0 aliphatic rings. The van der Waals surface area contributed by atoms with Crippen molar-refractivity contribution in [2.75, 3.05) is 6.54 Å². The molecule has 4 heteroatoms. The van der Waals surface area contributed by atoms with Gasteiger partial charge < -0.3 is 15.5 Å². The van der Waals surface area contributed by atoms with Crippen molar-refractivity contribution in [3.8, 4) is 0 Å². The van der Waals surface area contributed by atoms with Gasteiger partial charge in [-0.1, -0.05) is 6.92 Å². The third-order valence-electron chi connectivity index (χ3n) is 2.00. The summed E-state index contributed by atoms with van der Waals surface area (Å²) in [6.45, 7) is 7.19. The minimum atomic E-state index is -0.823. The highest BCUT2D eigenvalue weighted by atomic mass is 16.4. The molecule has 0 aromatic carbocycles. The van der Waals surface area contributed by atoms with E-state index >= 15 is 0 Å². The zero-order chi connectivity index (χ0) is 10.6. The lowest BCUT2D eigenvalue weighted by Crippen LogP contribution is -2.43. The van der Waals surface area contributed by atoms with Gasteiger partial charge in [-0.15, -0.1) is 0 Å². The van der Waals surface area contributed by atoms with Crippen LogP contribution in [0.4, 0.5) is 0 Å². The molecule has 0 amide bonds. The molecule has 4 nitrogen and oxygen atoms in total. The van der Waals surface area contributed by atoms with Crippen LogP contribution >= 0.6 is 0 Å². The smallest absolute Gasteiger partial charge is 0.307 e. The number of hydrogen-bond donors (Lipinski definition) is 3. The molecule has 0 rings (SSSR count). The molecular formula is C9H19NO3. The van der Waals surface area contributed by atoms with E-state index in [4.69, 9.17) is 5.11 Å². The summed E-state index contributed by atoms with van der Waals surface area (Å²) >= 11 is 0. The van der Waals surface area contributed by atoms with E-state index in [9.17, 15) is 9.90 Å². The number of aliphatic hydroxyl groups is 1. The molecular weight excluding hydrogens is 170 g/mol. The molecule has 0 aliphatic carbocycles. The average molecular weight is 189 g/mol. The van der Waals surface area contributed by atoms with Crippen molar-refractivity contribution in [1.29, 1.82) is 0 Å². The number of hydrogen-bond acceptors (Lipinski definition) is 3. The standard InChI is InChI=1S/C9H19NO3/c1-6(8(11)12)7(2)10-5-9(3,4)13/h6-7,10,13H,5H2,1-4H3,(H,11,12). The van der Waals surface area contributed by atoms with Crippen molar-refractivity contribution in [2.24, 2.45) is 5.92 Å². The maximum absolute atomic E-state index is 10.6. The summed E-state index contributed by atoms with van der Waals surface area (Å²) in [6, 6.07) is -0.135. The summed E-state index contributed by atoms with van der Waals surface area (Å²) in [5.41, 5.74) is -0.799. The second-order valence-electron chi connectivity index (χ2n) is 4.11. The molecule has 13 heavy (non-hydrogen) atoms. The maximum Gasteiger partial charge on any atom is 0.307 e. The van der Waals surface area contributed by atoms with Crippen molar-refractivity contribution in [3.05, 3.63) is 0 Å². The van der Waals surface area contributed by atoms with Gasteiger partial charge >= 0.3 is 5.97 Å². The van der Waals surface area contributed by atoms with Gasteiger partial charge in [0.25, 0.3) is 0 Å². The highest BCUT2D eigenvalue weighted by Crippen LogP contribution is 2.04. The minimum Gasteiger partial charge on any atom is -0.481 e. The normalized spacial score (nSPS) is 16.7. The van der Waals surface area contributed by atoms with E-state index in [2.05, 4.69) is 5.32 Å². The van der Waals surface area contributed by atoms with Gasteiger partial charge in [-0.3, -0.25) is 4.79 Å². The summed E-state index contributed by atoms with van der Waals surface area (Å²) in [7, 11) is 0. The second-order valence-corrected chi connectivity index (χ2v) is 4.11. The molecule has 0 saturated heterocycles. The lowest BCUT2D eigenvalue weighted by Gasteiger charge is -2.23. The number of carboxylic acids is 1. The Balaban J connectivity index is 3.88. The van der Waals surface area contributed by atoms with Crippen molar-refractivity contribution < 1.29 is 15.0 Å². The van der Waals surface area contributed by atoms with Gasteiger partial charge in [-0.25, -0.2) is 0 Å². The molecule has 0 heterocycles. The van der Waals surface area contributed by atoms with E-state index < -0.39 is 17.5 Å². The van der Waals surface area contributed by atoms with Crippen LogP contribution in [0.3, 0.4) is 0 Å². The predicted molar refractivity (Wildman–Crippen MR) is 50.6 cm³/mol. The average Bonchev–Trinajstić information content (AvgIpc) is 1.97. The van der Waals surface area contributed by atoms with Gasteiger partial charge in [0, 0.05) is 12.6 Å². The monoisotopic (exact) mass is 189 g/mol. The molecule has 2 unspecified atom stereocenters. The fraction of sp³-hybridized carbons (Fsp3) is 0.889. The first-order valence-electron chi connectivity index (χ1n) is 4.42. The Labute approximate surface area is 79.0 Å². The Kier molecular flexibility index (Phi) is 4.36. The highest BCUT2D eigenvalue weighted by Gasteiger charge is 2.21. The fourth-order valence-electron chi connectivity index (χ4n) is 0.801. The lowest BCUT2D eigenvalue weighted by molar-refractivity contribution is -0.142. The number of nitrogens with one attached hydrogen (secondary N) is 1. The Bertz CT molecular complexity index is 174. The van der Waals surface area contributed by atoms with Crippen LogP contribution in [-0.2, 0) is 4.79 Å². The largest absolute Gasteiger partial charge is 0.481 e. The summed E-state index contributed by atoms with van der Waals surface area (Å²) < 4.78 is 0. The van der Waals surface area contributed by atoms with Gasteiger partial charge in [0.15, 0.2) is 0 Å². The first kappa shape index (κ1) is 12.4. The summed E-state index contributed by atoms with van der Waals surface area (Å²) in [5.74, 6) is -1.27. The zero-order valence-corrected chi connectivity index (χ0v) is 8.66.